The fraction of sp³-hybridized carbons (Fsp3) is 0.467. The van der Waals surface area contributed by atoms with Crippen molar-refractivity contribution in [3.8, 4) is 0 Å². The highest BCUT2D eigenvalue weighted by Gasteiger charge is 2.43. The van der Waals surface area contributed by atoms with E-state index in [-0.39, 0.29) is 12.7 Å². The molecule has 1 saturated heterocycles. The van der Waals surface area contributed by atoms with Gasteiger partial charge in [0.1, 0.15) is 18.3 Å². The number of ether oxygens (including phenoxy) is 1. The molecule has 0 amide bonds. The second-order valence-electron chi connectivity index (χ2n) is 5.91. The molecule has 1 aromatic carbocycles. The molecule has 2 heterocycles. The van der Waals surface area contributed by atoms with Crippen LogP contribution in [-0.2, 0) is 27.0 Å². The molecule has 0 bridgehead atoms. The standard InChI is InChI=1S/C14H15Cl2N3O2.CH4O3S/c15-10-1-2-12(13(16)5-10)14(4-3-11(6-20)21-14)7-19-9-17-8-18-19;1-5(2,3)4/h1-2,5,8-9,11,20H,3-4,6-7H2;1H3,(H,2,3,4)/t11-,14+;/m0./s1. The van der Waals surface area contributed by atoms with Crippen LogP contribution in [-0.4, -0.2) is 51.8 Å². The van der Waals surface area contributed by atoms with E-state index in [4.69, 9.17) is 32.5 Å². The molecule has 1 aliphatic heterocycles. The Morgan fingerprint density at radius 2 is 2.12 bits per heavy atom. The number of nitrogens with zero attached hydrogens (tertiary/aromatic N) is 3. The molecular weight excluding hydrogens is 405 g/mol. The van der Waals surface area contributed by atoms with Gasteiger partial charge in [-0.3, -0.25) is 4.55 Å². The van der Waals surface area contributed by atoms with Crippen molar-refractivity contribution < 1.29 is 22.8 Å². The number of hydrogen-bond acceptors (Lipinski definition) is 6. The Morgan fingerprint density at radius 3 is 2.62 bits per heavy atom. The second kappa shape index (κ2) is 8.64. The third-order valence-corrected chi connectivity index (χ3v) is 4.32. The zero-order valence-corrected chi connectivity index (χ0v) is 16.2. The van der Waals surface area contributed by atoms with Crippen LogP contribution in [0.2, 0.25) is 10.0 Å². The number of rotatable bonds is 4. The molecule has 2 atom stereocenters. The lowest BCUT2D eigenvalue weighted by Gasteiger charge is -2.30. The Hall–Kier alpha value is -1.23. The summed E-state index contributed by atoms with van der Waals surface area (Å²) >= 11 is 12.3. The highest BCUT2D eigenvalue weighted by atomic mass is 35.5. The van der Waals surface area contributed by atoms with E-state index in [1.807, 2.05) is 6.07 Å². The fourth-order valence-corrected chi connectivity index (χ4v) is 3.37. The molecule has 0 aliphatic carbocycles. The second-order valence-corrected chi connectivity index (χ2v) is 8.22. The molecule has 3 rings (SSSR count). The third kappa shape index (κ3) is 5.90. The van der Waals surface area contributed by atoms with Crippen molar-refractivity contribution in [2.24, 2.45) is 0 Å². The average molecular weight is 424 g/mol. The zero-order valence-electron chi connectivity index (χ0n) is 13.9. The van der Waals surface area contributed by atoms with Crippen molar-refractivity contribution in [2.75, 3.05) is 12.9 Å². The maximum absolute atomic E-state index is 9.37. The average Bonchev–Trinajstić information content (AvgIpc) is 3.16. The molecule has 1 aromatic heterocycles. The molecule has 0 saturated carbocycles. The molecule has 0 unspecified atom stereocenters. The number of benzene rings is 1. The van der Waals surface area contributed by atoms with Gasteiger partial charge in [0.2, 0.25) is 0 Å². The molecule has 2 N–H and O–H groups in total. The van der Waals surface area contributed by atoms with E-state index in [1.165, 1.54) is 6.33 Å². The van der Waals surface area contributed by atoms with Gasteiger partial charge in [0.05, 0.1) is 25.5 Å². The van der Waals surface area contributed by atoms with Gasteiger partial charge in [-0.2, -0.15) is 13.5 Å². The first-order valence-corrected chi connectivity index (χ1v) is 10.2. The SMILES string of the molecule is CS(=O)(=O)O.OC[C@@H]1CC[C@@](Cn2cncn2)(c2ccc(Cl)cc2Cl)O1. The largest absolute Gasteiger partial charge is 0.394 e. The highest BCUT2D eigenvalue weighted by Crippen LogP contribution is 2.43. The molecular formula is C15H19Cl2N3O5S. The van der Waals surface area contributed by atoms with Crippen LogP contribution in [0.4, 0.5) is 0 Å². The summed E-state index contributed by atoms with van der Waals surface area (Å²) in [6, 6.07) is 5.38. The Morgan fingerprint density at radius 1 is 1.42 bits per heavy atom. The van der Waals surface area contributed by atoms with E-state index in [0.29, 0.717) is 22.8 Å². The van der Waals surface area contributed by atoms with Crippen LogP contribution >= 0.6 is 23.2 Å². The van der Waals surface area contributed by atoms with E-state index in [9.17, 15) is 13.5 Å². The van der Waals surface area contributed by atoms with Crippen LogP contribution in [0.3, 0.4) is 0 Å². The third-order valence-electron chi connectivity index (χ3n) is 3.77. The molecule has 0 spiro atoms. The van der Waals surface area contributed by atoms with Crippen molar-refractivity contribution in [1.82, 2.24) is 14.8 Å². The molecule has 8 nitrogen and oxygen atoms in total. The Bertz CT molecular complexity index is 824. The van der Waals surface area contributed by atoms with Gasteiger partial charge >= 0.3 is 0 Å². The normalized spacial score (nSPS) is 22.7. The van der Waals surface area contributed by atoms with Crippen molar-refractivity contribution >= 4 is 33.3 Å². The summed E-state index contributed by atoms with van der Waals surface area (Å²) < 4.78 is 33.7. The molecule has 1 fully saturated rings. The predicted molar refractivity (Wildman–Crippen MR) is 96.8 cm³/mol. The maximum atomic E-state index is 9.37. The first-order valence-electron chi connectivity index (χ1n) is 7.62. The van der Waals surface area contributed by atoms with Crippen molar-refractivity contribution in [1.29, 1.82) is 0 Å². The van der Waals surface area contributed by atoms with Gasteiger partial charge in [-0.1, -0.05) is 29.3 Å². The first-order chi connectivity index (χ1) is 12.1. The van der Waals surface area contributed by atoms with Gasteiger partial charge in [-0.05, 0) is 25.0 Å². The lowest BCUT2D eigenvalue weighted by molar-refractivity contribution is -0.0747. The Balaban J connectivity index is 0.000000431. The summed E-state index contributed by atoms with van der Waals surface area (Å²) in [7, 11) is -3.67. The number of hydrogen-bond donors (Lipinski definition) is 2. The van der Waals surface area contributed by atoms with Crippen LogP contribution in [0.25, 0.3) is 0 Å². The molecule has 144 valence electrons. The smallest absolute Gasteiger partial charge is 0.261 e. The van der Waals surface area contributed by atoms with Gasteiger partial charge in [0.25, 0.3) is 10.1 Å². The van der Waals surface area contributed by atoms with E-state index in [1.54, 1.807) is 23.1 Å². The number of aliphatic hydroxyl groups is 1. The Labute approximate surface area is 161 Å². The zero-order chi connectivity index (χ0) is 19.4. The van der Waals surface area contributed by atoms with Gasteiger partial charge in [0, 0.05) is 15.6 Å². The van der Waals surface area contributed by atoms with E-state index in [2.05, 4.69) is 10.1 Å². The topological polar surface area (TPSA) is 115 Å². The van der Waals surface area contributed by atoms with Crippen molar-refractivity contribution in [3.63, 3.8) is 0 Å². The van der Waals surface area contributed by atoms with Gasteiger partial charge in [-0.25, -0.2) is 9.67 Å². The van der Waals surface area contributed by atoms with Crippen LogP contribution < -0.4 is 0 Å². The van der Waals surface area contributed by atoms with E-state index >= 15 is 0 Å². The number of halogens is 2. The summed E-state index contributed by atoms with van der Waals surface area (Å²) in [5.41, 5.74) is 0.239. The van der Waals surface area contributed by atoms with Crippen molar-refractivity contribution in [3.05, 3.63) is 46.5 Å². The quantitative estimate of drug-likeness (QED) is 0.723. The van der Waals surface area contributed by atoms with E-state index in [0.717, 1.165) is 18.4 Å². The van der Waals surface area contributed by atoms with Gasteiger partial charge in [0.15, 0.2) is 0 Å². The van der Waals surface area contributed by atoms with Crippen LogP contribution in [0.5, 0.6) is 0 Å². The lowest BCUT2D eigenvalue weighted by atomic mass is 9.90. The fourth-order valence-electron chi connectivity index (χ4n) is 2.79. The molecule has 26 heavy (non-hydrogen) atoms. The summed E-state index contributed by atoms with van der Waals surface area (Å²) in [4.78, 5) is 3.96. The summed E-state index contributed by atoms with van der Waals surface area (Å²) in [5.74, 6) is 0. The maximum Gasteiger partial charge on any atom is 0.261 e. The summed E-state index contributed by atoms with van der Waals surface area (Å²) in [5, 5.41) is 14.6. The van der Waals surface area contributed by atoms with Crippen LogP contribution in [0.1, 0.15) is 18.4 Å². The summed E-state index contributed by atoms with van der Waals surface area (Å²) in [6.07, 6.45) is 5.16. The monoisotopic (exact) mass is 423 g/mol. The molecule has 2 aromatic rings. The van der Waals surface area contributed by atoms with Crippen LogP contribution in [0.15, 0.2) is 30.9 Å². The predicted octanol–water partition coefficient (Wildman–Crippen LogP) is 2.16. The molecule has 1 aliphatic rings. The Kier molecular flexibility index (Phi) is 7.00. The van der Waals surface area contributed by atoms with Crippen LogP contribution in [0, 0.1) is 0 Å². The minimum absolute atomic E-state index is 0.00961. The number of aliphatic hydroxyl groups excluding tert-OH is 1. The minimum Gasteiger partial charge on any atom is -0.394 e. The first kappa shape index (κ1) is 21.1. The van der Waals surface area contributed by atoms with E-state index < -0.39 is 15.7 Å². The number of aromatic nitrogens is 3. The van der Waals surface area contributed by atoms with Gasteiger partial charge < -0.3 is 9.84 Å². The van der Waals surface area contributed by atoms with Crippen molar-refractivity contribution in [2.45, 2.75) is 31.1 Å². The molecule has 0 radical (unpaired) electrons. The highest BCUT2D eigenvalue weighted by molar-refractivity contribution is 7.85. The lowest BCUT2D eigenvalue weighted by Crippen LogP contribution is -2.33. The minimum atomic E-state index is -3.67. The van der Waals surface area contributed by atoms with Gasteiger partial charge in [-0.15, -0.1) is 0 Å². The molecule has 11 heteroatoms. The summed E-state index contributed by atoms with van der Waals surface area (Å²) in [6.45, 7) is 0.481.